The number of hydrogen-bond acceptors (Lipinski definition) is 3. The Bertz CT molecular complexity index is 859. The zero-order chi connectivity index (χ0) is 18.7. The lowest BCUT2D eigenvalue weighted by Crippen LogP contribution is -2.44. The van der Waals surface area contributed by atoms with Crippen molar-refractivity contribution in [2.24, 2.45) is 0 Å². The molecule has 0 aliphatic carbocycles. The summed E-state index contributed by atoms with van der Waals surface area (Å²) in [5, 5.41) is 0.740. The van der Waals surface area contributed by atoms with Gasteiger partial charge in [0.1, 0.15) is 5.82 Å². The molecule has 2 atom stereocenters. The molecule has 1 heterocycles. The lowest BCUT2D eigenvalue weighted by molar-refractivity contribution is 0.103. The van der Waals surface area contributed by atoms with Gasteiger partial charge in [0.05, 0.1) is 4.90 Å². The normalized spacial score (nSPS) is 22.0. The Balaban J connectivity index is 1.66. The van der Waals surface area contributed by atoms with Gasteiger partial charge in [0.25, 0.3) is 0 Å². The van der Waals surface area contributed by atoms with Crippen LogP contribution in [0.25, 0.3) is 10.8 Å². The highest BCUT2D eigenvalue weighted by molar-refractivity contribution is 7.89. The van der Waals surface area contributed by atoms with E-state index in [1.54, 1.807) is 24.3 Å². The molecule has 4 nitrogen and oxygen atoms in total. The lowest BCUT2D eigenvalue weighted by atomic mass is 9.97. The highest BCUT2D eigenvalue weighted by Gasteiger charge is 2.24. The molecule has 0 bridgehead atoms. The molecule has 142 valence electrons. The third-order valence-electron chi connectivity index (χ3n) is 5.38. The Hall–Kier alpha value is -1.50. The molecule has 0 amide bonds. The van der Waals surface area contributed by atoms with Gasteiger partial charge in [-0.05, 0) is 51.8 Å². The van der Waals surface area contributed by atoms with Crippen molar-refractivity contribution in [3.05, 3.63) is 42.2 Å². The Kier molecular flexibility index (Phi) is 5.95. The largest absolute Gasteiger partial charge is 0.298 e. The molecule has 1 N–H and O–H groups in total. The zero-order valence-electron chi connectivity index (χ0n) is 15.4. The summed E-state index contributed by atoms with van der Waals surface area (Å²) >= 11 is 0. The summed E-state index contributed by atoms with van der Waals surface area (Å²) in [6.45, 7) is 5.74. The van der Waals surface area contributed by atoms with E-state index < -0.39 is 15.8 Å². The van der Waals surface area contributed by atoms with Crippen LogP contribution in [0.3, 0.4) is 0 Å². The van der Waals surface area contributed by atoms with Crippen molar-refractivity contribution in [3.63, 3.8) is 0 Å². The van der Waals surface area contributed by atoms with Crippen LogP contribution >= 0.6 is 0 Å². The first kappa shape index (κ1) is 19.3. The molecule has 1 saturated heterocycles. The molecular formula is C20H27FN2O2S. The molecule has 2 unspecified atom stereocenters. The number of rotatable bonds is 6. The monoisotopic (exact) mass is 378 g/mol. The van der Waals surface area contributed by atoms with Crippen LogP contribution in [0.2, 0.25) is 0 Å². The number of sulfonamides is 1. The summed E-state index contributed by atoms with van der Waals surface area (Å²) in [5.74, 6) is -0.410. The fourth-order valence-electron chi connectivity index (χ4n) is 3.93. The van der Waals surface area contributed by atoms with Crippen molar-refractivity contribution in [1.29, 1.82) is 0 Å². The first-order chi connectivity index (χ1) is 12.4. The number of benzene rings is 2. The van der Waals surface area contributed by atoms with E-state index in [4.69, 9.17) is 0 Å². The van der Waals surface area contributed by atoms with E-state index in [1.165, 1.54) is 31.4 Å². The average Bonchev–Trinajstić information content (AvgIpc) is 2.61. The lowest BCUT2D eigenvalue weighted by Gasteiger charge is -2.39. The fraction of sp³-hybridized carbons (Fsp3) is 0.500. The first-order valence-corrected chi connectivity index (χ1v) is 10.8. The Labute approximate surface area is 155 Å². The van der Waals surface area contributed by atoms with Gasteiger partial charge in [-0.3, -0.25) is 4.90 Å². The predicted octanol–water partition coefficient (Wildman–Crippen LogP) is 3.91. The van der Waals surface area contributed by atoms with Crippen molar-refractivity contribution >= 4 is 20.8 Å². The van der Waals surface area contributed by atoms with Crippen molar-refractivity contribution in [2.75, 3.05) is 13.1 Å². The summed E-state index contributed by atoms with van der Waals surface area (Å²) in [6, 6.07) is 10.3. The van der Waals surface area contributed by atoms with Gasteiger partial charge in [0.2, 0.25) is 10.0 Å². The summed E-state index contributed by atoms with van der Waals surface area (Å²) in [4.78, 5) is 2.60. The number of halogens is 1. The smallest absolute Gasteiger partial charge is 0.241 e. The molecule has 0 aromatic heterocycles. The van der Waals surface area contributed by atoms with Gasteiger partial charge in [-0.2, -0.15) is 0 Å². The number of hydrogen-bond donors (Lipinski definition) is 1. The highest BCUT2D eigenvalue weighted by Crippen LogP contribution is 2.25. The molecular weight excluding hydrogens is 351 g/mol. The Morgan fingerprint density at radius 2 is 1.73 bits per heavy atom. The van der Waals surface area contributed by atoms with Crippen LogP contribution in [-0.4, -0.2) is 38.5 Å². The van der Waals surface area contributed by atoms with Crippen LogP contribution in [0.5, 0.6) is 0 Å². The molecule has 1 fully saturated rings. The van der Waals surface area contributed by atoms with Gasteiger partial charge in [-0.25, -0.2) is 17.5 Å². The third kappa shape index (κ3) is 4.08. The topological polar surface area (TPSA) is 49.4 Å². The van der Waals surface area contributed by atoms with Crippen LogP contribution in [0, 0.1) is 5.82 Å². The number of fused-ring (bicyclic) bond motifs is 1. The number of piperidine rings is 1. The molecule has 2 aromatic carbocycles. The minimum atomic E-state index is -3.67. The molecule has 2 aromatic rings. The number of nitrogens with zero attached hydrogens (tertiary/aromatic N) is 1. The van der Waals surface area contributed by atoms with E-state index in [9.17, 15) is 12.8 Å². The van der Waals surface area contributed by atoms with Crippen molar-refractivity contribution in [1.82, 2.24) is 9.62 Å². The maximum atomic E-state index is 13.9. The average molecular weight is 379 g/mol. The van der Waals surface area contributed by atoms with Gasteiger partial charge >= 0.3 is 0 Å². The zero-order valence-corrected chi connectivity index (χ0v) is 16.2. The Morgan fingerprint density at radius 1 is 1.08 bits per heavy atom. The molecule has 3 rings (SSSR count). The van der Waals surface area contributed by atoms with E-state index >= 15 is 0 Å². The summed E-state index contributed by atoms with van der Waals surface area (Å²) < 4.78 is 42.0. The summed E-state index contributed by atoms with van der Waals surface area (Å²) in [7, 11) is -3.67. The van der Waals surface area contributed by atoms with E-state index in [1.807, 2.05) is 0 Å². The van der Waals surface area contributed by atoms with Crippen molar-refractivity contribution in [2.45, 2.75) is 56.5 Å². The SMILES string of the molecule is CC1CCCC(C)N1CCCNS(=O)(=O)c1ccc(F)c2ccccc12. The molecule has 6 heteroatoms. The van der Waals surface area contributed by atoms with Gasteiger partial charge in [-0.15, -0.1) is 0 Å². The Morgan fingerprint density at radius 3 is 2.42 bits per heavy atom. The van der Waals surface area contributed by atoms with Crippen LogP contribution in [-0.2, 0) is 10.0 Å². The minimum absolute atomic E-state index is 0.134. The highest BCUT2D eigenvalue weighted by atomic mass is 32.2. The van der Waals surface area contributed by atoms with Crippen LogP contribution in [0.1, 0.15) is 39.5 Å². The number of nitrogens with one attached hydrogen (secondary N) is 1. The predicted molar refractivity (Wildman–Crippen MR) is 103 cm³/mol. The molecule has 26 heavy (non-hydrogen) atoms. The maximum Gasteiger partial charge on any atom is 0.241 e. The second kappa shape index (κ2) is 8.03. The van der Waals surface area contributed by atoms with Gasteiger partial charge in [-0.1, -0.05) is 30.7 Å². The van der Waals surface area contributed by atoms with Crippen molar-refractivity contribution < 1.29 is 12.8 Å². The maximum absolute atomic E-state index is 13.9. The van der Waals surface area contributed by atoms with E-state index in [0.717, 1.165) is 13.0 Å². The summed E-state index contributed by atoms with van der Waals surface area (Å²) in [5.41, 5.74) is 0. The van der Waals surface area contributed by atoms with Gasteiger partial charge < -0.3 is 0 Å². The molecule has 0 spiro atoms. The second-order valence-electron chi connectivity index (χ2n) is 7.21. The van der Waals surface area contributed by atoms with E-state index in [-0.39, 0.29) is 4.90 Å². The summed E-state index contributed by atoms with van der Waals surface area (Å²) in [6.07, 6.45) is 4.44. The van der Waals surface area contributed by atoms with Crippen LogP contribution in [0.4, 0.5) is 4.39 Å². The quantitative estimate of drug-likeness (QED) is 0.776. The first-order valence-electron chi connectivity index (χ1n) is 9.33. The third-order valence-corrected chi connectivity index (χ3v) is 6.90. The van der Waals surface area contributed by atoms with Crippen LogP contribution in [0.15, 0.2) is 41.3 Å². The van der Waals surface area contributed by atoms with E-state index in [0.29, 0.717) is 29.4 Å². The molecule has 0 saturated carbocycles. The van der Waals surface area contributed by atoms with Gasteiger partial charge in [0, 0.05) is 29.4 Å². The number of likely N-dealkylation sites (tertiary alicyclic amines) is 1. The van der Waals surface area contributed by atoms with E-state index in [2.05, 4.69) is 23.5 Å². The van der Waals surface area contributed by atoms with Gasteiger partial charge in [0.15, 0.2) is 0 Å². The van der Waals surface area contributed by atoms with Crippen LogP contribution < -0.4 is 4.72 Å². The molecule has 0 radical (unpaired) electrons. The second-order valence-corrected chi connectivity index (χ2v) is 8.94. The standard InChI is InChI=1S/C20H27FN2O2S/c1-15-7-5-8-16(2)23(15)14-6-13-22-26(24,25)20-12-11-19(21)17-9-3-4-10-18(17)20/h3-4,9-12,15-16,22H,5-8,13-14H2,1-2H3. The minimum Gasteiger partial charge on any atom is -0.298 e. The molecule has 1 aliphatic heterocycles. The fourth-order valence-corrected chi connectivity index (χ4v) is 5.21. The van der Waals surface area contributed by atoms with Crippen molar-refractivity contribution in [3.8, 4) is 0 Å². The molecule has 1 aliphatic rings.